The molecule has 1 aliphatic rings. The number of ether oxygens (including phenoxy) is 1. The van der Waals surface area contributed by atoms with E-state index in [9.17, 15) is 4.79 Å². The first kappa shape index (κ1) is 13.2. The lowest BCUT2D eigenvalue weighted by Crippen LogP contribution is -2.37. The van der Waals surface area contributed by atoms with Crippen LogP contribution in [0.2, 0.25) is 0 Å². The van der Waals surface area contributed by atoms with Crippen molar-refractivity contribution in [1.82, 2.24) is 4.90 Å². The molecule has 0 spiro atoms. The molecule has 1 saturated heterocycles. The Morgan fingerprint density at radius 3 is 3.00 bits per heavy atom. The van der Waals surface area contributed by atoms with Crippen LogP contribution >= 0.6 is 0 Å². The number of rotatable bonds is 7. The number of aliphatic carboxylic acids is 1. The van der Waals surface area contributed by atoms with E-state index in [0.29, 0.717) is 6.54 Å². The van der Waals surface area contributed by atoms with Gasteiger partial charge in [-0.25, -0.2) is 0 Å². The molecule has 0 aromatic heterocycles. The standard InChI is InChI=1S/C12H21NO3/c1-3-6-13(8-10(2)12(14)15)9-11-5-4-7-16-11/h3,10-11H,1,4-9H2,2H3,(H,14,15). The first-order valence-corrected chi connectivity index (χ1v) is 5.81. The average molecular weight is 227 g/mol. The van der Waals surface area contributed by atoms with Crippen LogP contribution in [0.5, 0.6) is 0 Å². The summed E-state index contributed by atoms with van der Waals surface area (Å²) in [5, 5.41) is 8.88. The van der Waals surface area contributed by atoms with Gasteiger partial charge in [-0.05, 0) is 12.8 Å². The molecule has 0 radical (unpaired) electrons. The summed E-state index contributed by atoms with van der Waals surface area (Å²) in [4.78, 5) is 12.9. The maximum Gasteiger partial charge on any atom is 0.307 e. The van der Waals surface area contributed by atoms with Gasteiger partial charge in [0.2, 0.25) is 0 Å². The van der Waals surface area contributed by atoms with Crippen LogP contribution in [0.25, 0.3) is 0 Å². The van der Waals surface area contributed by atoms with Crippen molar-refractivity contribution >= 4 is 5.97 Å². The smallest absolute Gasteiger partial charge is 0.307 e. The van der Waals surface area contributed by atoms with Gasteiger partial charge in [-0.1, -0.05) is 13.0 Å². The van der Waals surface area contributed by atoms with Crippen LogP contribution in [-0.2, 0) is 9.53 Å². The molecule has 0 saturated carbocycles. The molecule has 1 heterocycles. The number of carbonyl (C=O) groups is 1. The van der Waals surface area contributed by atoms with Crippen molar-refractivity contribution < 1.29 is 14.6 Å². The Balaban J connectivity index is 2.39. The van der Waals surface area contributed by atoms with Crippen molar-refractivity contribution in [3.8, 4) is 0 Å². The highest BCUT2D eigenvalue weighted by atomic mass is 16.5. The van der Waals surface area contributed by atoms with Crippen LogP contribution in [0.4, 0.5) is 0 Å². The van der Waals surface area contributed by atoms with Gasteiger partial charge in [0.25, 0.3) is 0 Å². The van der Waals surface area contributed by atoms with Gasteiger partial charge >= 0.3 is 5.97 Å². The number of carboxylic acids is 1. The van der Waals surface area contributed by atoms with E-state index in [1.54, 1.807) is 6.92 Å². The lowest BCUT2D eigenvalue weighted by molar-refractivity contribution is -0.141. The summed E-state index contributed by atoms with van der Waals surface area (Å²) in [6, 6.07) is 0. The maximum absolute atomic E-state index is 10.8. The molecule has 1 rings (SSSR count). The molecule has 0 aromatic carbocycles. The fourth-order valence-electron chi connectivity index (χ4n) is 1.95. The summed E-state index contributed by atoms with van der Waals surface area (Å²) in [7, 11) is 0. The minimum absolute atomic E-state index is 0.265. The van der Waals surface area contributed by atoms with Crippen molar-refractivity contribution in [3.63, 3.8) is 0 Å². The molecule has 1 N–H and O–H groups in total. The van der Waals surface area contributed by atoms with E-state index < -0.39 is 5.97 Å². The van der Waals surface area contributed by atoms with Gasteiger partial charge in [0, 0.05) is 26.2 Å². The average Bonchev–Trinajstić information content (AvgIpc) is 2.70. The van der Waals surface area contributed by atoms with E-state index in [1.165, 1.54) is 0 Å². The number of hydrogen-bond acceptors (Lipinski definition) is 3. The molecule has 1 aliphatic heterocycles. The Morgan fingerprint density at radius 1 is 1.75 bits per heavy atom. The quantitative estimate of drug-likeness (QED) is 0.667. The Morgan fingerprint density at radius 2 is 2.50 bits per heavy atom. The third-order valence-corrected chi connectivity index (χ3v) is 2.83. The summed E-state index contributed by atoms with van der Waals surface area (Å²) in [6.45, 7) is 8.35. The monoisotopic (exact) mass is 227 g/mol. The summed E-state index contributed by atoms with van der Waals surface area (Å²) in [6.07, 6.45) is 4.26. The molecule has 0 amide bonds. The number of carboxylic acid groups (broad SMARTS) is 1. The lowest BCUT2D eigenvalue weighted by Gasteiger charge is -2.25. The zero-order chi connectivity index (χ0) is 12.0. The molecule has 4 heteroatoms. The van der Waals surface area contributed by atoms with E-state index in [-0.39, 0.29) is 12.0 Å². The van der Waals surface area contributed by atoms with Gasteiger partial charge in [-0.15, -0.1) is 6.58 Å². The SMILES string of the molecule is C=CCN(CC1CCCO1)CC(C)C(=O)O. The van der Waals surface area contributed by atoms with Crippen molar-refractivity contribution in [3.05, 3.63) is 12.7 Å². The normalized spacial score (nSPS) is 22.2. The lowest BCUT2D eigenvalue weighted by atomic mass is 10.1. The molecule has 4 nitrogen and oxygen atoms in total. The molecule has 1 fully saturated rings. The Kier molecular flexibility index (Phi) is 5.49. The van der Waals surface area contributed by atoms with Crippen molar-refractivity contribution in [2.45, 2.75) is 25.9 Å². The van der Waals surface area contributed by atoms with Crippen LogP contribution in [0.15, 0.2) is 12.7 Å². The van der Waals surface area contributed by atoms with Crippen molar-refractivity contribution in [2.75, 3.05) is 26.2 Å². The van der Waals surface area contributed by atoms with Crippen LogP contribution < -0.4 is 0 Å². The summed E-state index contributed by atoms with van der Waals surface area (Å²) >= 11 is 0. The molecular weight excluding hydrogens is 206 g/mol. The van der Waals surface area contributed by atoms with Gasteiger partial charge in [0.1, 0.15) is 0 Å². The molecule has 16 heavy (non-hydrogen) atoms. The summed E-state index contributed by atoms with van der Waals surface area (Å²) in [5.74, 6) is -1.09. The molecular formula is C12H21NO3. The van der Waals surface area contributed by atoms with Crippen LogP contribution in [0.3, 0.4) is 0 Å². The van der Waals surface area contributed by atoms with Crippen molar-refractivity contribution in [2.24, 2.45) is 5.92 Å². The topological polar surface area (TPSA) is 49.8 Å². The van der Waals surface area contributed by atoms with Gasteiger partial charge in [0.15, 0.2) is 0 Å². The van der Waals surface area contributed by atoms with Crippen LogP contribution in [0, 0.1) is 5.92 Å². The first-order chi connectivity index (χ1) is 7.63. The van der Waals surface area contributed by atoms with Gasteiger partial charge in [-0.3, -0.25) is 9.69 Å². The van der Waals surface area contributed by atoms with Crippen LogP contribution in [0.1, 0.15) is 19.8 Å². The molecule has 2 atom stereocenters. The summed E-state index contributed by atoms with van der Waals surface area (Å²) in [5.41, 5.74) is 0. The number of hydrogen-bond donors (Lipinski definition) is 1. The first-order valence-electron chi connectivity index (χ1n) is 5.81. The second-order valence-corrected chi connectivity index (χ2v) is 4.38. The maximum atomic E-state index is 10.8. The van der Waals surface area contributed by atoms with E-state index in [0.717, 1.165) is 32.5 Å². The van der Waals surface area contributed by atoms with Crippen LogP contribution in [-0.4, -0.2) is 48.3 Å². The Bertz CT molecular complexity index is 236. The Labute approximate surface area is 96.9 Å². The molecule has 0 bridgehead atoms. The minimum Gasteiger partial charge on any atom is -0.481 e. The predicted molar refractivity (Wildman–Crippen MR) is 62.4 cm³/mol. The third kappa shape index (κ3) is 4.33. The van der Waals surface area contributed by atoms with Gasteiger partial charge < -0.3 is 9.84 Å². The second kappa shape index (κ2) is 6.66. The highest BCUT2D eigenvalue weighted by Crippen LogP contribution is 2.14. The minimum atomic E-state index is -0.749. The second-order valence-electron chi connectivity index (χ2n) is 4.38. The largest absolute Gasteiger partial charge is 0.481 e. The fraction of sp³-hybridized carbons (Fsp3) is 0.750. The predicted octanol–water partition coefficient (Wildman–Crippen LogP) is 1.37. The Hall–Kier alpha value is -0.870. The van der Waals surface area contributed by atoms with Crippen molar-refractivity contribution in [1.29, 1.82) is 0 Å². The highest BCUT2D eigenvalue weighted by molar-refractivity contribution is 5.69. The number of nitrogens with zero attached hydrogens (tertiary/aromatic N) is 1. The van der Waals surface area contributed by atoms with E-state index in [4.69, 9.17) is 9.84 Å². The molecule has 92 valence electrons. The highest BCUT2D eigenvalue weighted by Gasteiger charge is 2.21. The zero-order valence-corrected chi connectivity index (χ0v) is 9.89. The van der Waals surface area contributed by atoms with Gasteiger partial charge in [-0.2, -0.15) is 0 Å². The molecule has 0 aliphatic carbocycles. The third-order valence-electron chi connectivity index (χ3n) is 2.83. The fourth-order valence-corrected chi connectivity index (χ4v) is 1.95. The van der Waals surface area contributed by atoms with E-state index >= 15 is 0 Å². The van der Waals surface area contributed by atoms with E-state index in [1.807, 2.05) is 6.08 Å². The molecule has 2 unspecified atom stereocenters. The summed E-state index contributed by atoms with van der Waals surface area (Å²) < 4.78 is 5.55. The van der Waals surface area contributed by atoms with E-state index in [2.05, 4.69) is 11.5 Å². The molecule has 0 aromatic rings. The zero-order valence-electron chi connectivity index (χ0n) is 9.89. The van der Waals surface area contributed by atoms with Gasteiger partial charge in [0.05, 0.1) is 12.0 Å².